The van der Waals surface area contributed by atoms with Crippen LogP contribution in [0.5, 0.6) is 11.5 Å². The molecule has 0 aromatic heterocycles. The summed E-state index contributed by atoms with van der Waals surface area (Å²) in [6.07, 6.45) is 29.9. The minimum Gasteiger partial charge on any atom is -0.496 e. The van der Waals surface area contributed by atoms with Crippen LogP contribution in [0, 0.1) is 41.5 Å². The van der Waals surface area contributed by atoms with Crippen LogP contribution in [0.15, 0.2) is 107 Å². The minimum atomic E-state index is 0.948. The smallest absolute Gasteiger partial charge is 0.122 e. The first kappa shape index (κ1) is 35.9. The molecule has 0 N–H and O–H groups in total. The van der Waals surface area contributed by atoms with Crippen LogP contribution in [-0.4, -0.2) is 14.2 Å². The summed E-state index contributed by atoms with van der Waals surface area (Å²) in [5.41, 5.74) is 14.6. The number of hydrogen-bond donors (Lipinski definition) is 0. The lowest BCUT2D eigenvalue weighted by atomic mass is 9.96. The van der Waals surface area contributed by atoms with Crippen LogP contribution in [0.1, 0.15) is 72.2 Å². The molecule has 2 aromatic carbocycles. The number of rotatable bonds is 12. The van der Waals surface area contributed by atoms with E-state index < -0.39 is 0 Å². The normalized spacial score (nSPS) is 14.0. The Kier molecular flexibility index (Phi) is 14.5. The molecule has 0 fully saturated rings. The standard InChI is InChI=1S/C42H52O2/c1-29(19-15-21-31(3)23-25-39-33(5)27-41(43-11)37(9)35(39)7)17-13-14-18-30(2)20-16-22-32(4)24-26-40-34(6)28-42(44-12)38(10)36(40)8/h13-28H,1-12H3/b14-13+,19-15+,20-16+,25-23+,26-24+,29-17+,30-18+,31-21+,32-22+. The highest BCUT2D eigenvalue weighted by molar-refractivity contribution is 5.65. The van der Waals surface area contributed by atoms with Gasteiger partial charge < -0.3 is 9.47 Å². The molecule has 0 aliphatic rings. The Morgan fingerprint density at radius 1 is 0.455 bits per heavy atom. The molecule has 0 heterocycles. The van der Waals surface area contributed by atoms with Crippen molar-refractivity contribution in [3.63, 3.8) is 0 Å². The van der Waals surface area contributed by atoms with Gasteiger partial charge in [-0.05, 0) is 126 Å². The first-order valence-corrected chi connectivity index (χ1v) is 15.3. The molecule has 2 nitrogen and oxygen atoms in total. The first-order chi connectivity index (χ1) is 20.9. The van der Waals surface area contributed by atoms with E-state index in [9.17, 15) is 0 Å². The quantitative estimate of drug-likeness (QED) is 0.230. The van der Waals surface area contributed by atoms with E-state index in [2.05, 4.69) is 166 Å². The maximum atomic E-state index is 5.50. The lowest BCUT2D eigenvalue weighted by Gasteiger charge is -2.13. The predicted octanol–water partition coefficient (Wildman–Crippen LogP) is 11.7. The van der Waals surface area contributed by atoms with Gasteiger partial charge in [0.1, 0.15) is 11.5 Å². The third kappa shape index (κ3) is 10.8. The molecule has 0 saturated carbocycles. The van der Waals surface area contributed by atoms with Crippen LogP contribution in [0.25, 0.3) is 12.2 Å². The highest BCUT2D eigenvalue weighted by Crippen LogP contribution is 2.29. The van der Waals surface area contributed by atoms with Crippen molar-refractivity contribution in [2.24, 2.45) is 0 Å². The lowest BCUT2D eigenvalue weighted by molar-refractivity contribution is 0.411. The Morgan fingerprint density at radius 2 is 0.773 bits per heavy atom. The van der Waals surface area contributed by atoms with Crippen molar-refractivity contribution in [1.29, 1.82) is 0 Å². The molecule has 0 bridgehead atoms. The predicted molar refractivity (Wildman–Crippen MR) is 195 cm³/mol. The molecule has 0 aliphatic heterocycles. The summed E-state index contributed by atoms with van der Waals surface area (Å²) in [6, 6.07) is 4.22. The monoisotopic (exact) mass is 588 g/mol. The fourth-order valence-corrected chi connectivity index (χ4v) is 4.84. The Labute approximate surface area is 267 Å². The summed E-state index contributed by atoms with van der Waals surface area (Å²) in [5.74, 6) is 1.90. The second-order valence-corrected chi connectivity index (χ2v) is 11.5. The fraction of sp³-hybridized carbons (Fsp3) is 0.286. The van der Waals surface area contributed by atoms with Crippen molar-refractivity contribution in [3.8, 4) is 11.5 Å². The van der Waals surface area contributed by atoms with Crippen molar-refractivity contribution in [3.05, 3.63) is 152 Å². The van der Waals surface area contributed by atoms with E-state index in [1.807, 2.05) is 0 Å². The molecule has 2 rings (SSSR count). The van der Waals surface area contributed by atoms with E-state index >= 15 is 0 Å². The van der Waals surface area contributed by atoms with E-state index in [1.54, 1.807) is 14.2 Å². The highest BCUT2D eigenvalue weighted by Gasteiger charge is 2.09. The Morgan fingerprint density at radius 3 is 1.11 bits per heavy atom. The molecule has 2 heteroatoms. The third-order valence-electron chi connectivity index (χ3n) is 7.95. The second-order valence-electron chi connectivity index (χ2n) is 11.5. The molecule has 0 amide bonds. The maximum absolute atomic E-state index is 5.50. The van der Waals surface area contributed by atoms with Crippen molar-refractivity contribution >= 4 is 12.2 Å². The average Bonchev–Trinajstić information content (AvgIpc) is 2.98. The molecule has 2 aromatic rings. The van der Waals surface area contributed by atoms with Gasteiger partial charge in [-0.2, -0.15) is 0 Å². The number of hydrogen-bond acceptors (Lipinski definition) is 2. The molecule has 0 spiro atoms. The maximum Gasteiger partial charge on any atom is 0.122 e. The van der Waals surface area contributed by atoms with Gasteiger partial charge in [0, 0.05) is 0 Å². The number of methoxy groups -OCH3 is 2. The molecule has 0 saturated heterocycles. The summed E-state index contributed by atoms with van der Waals surface area (Å²) in [6.45, 7) is 21.3. The molecule has 44 heavy (non-hydrogen) atoms. The summed E-state index contributed by atoms with van der Waals surface area (Å²) in [4.78, 5) is 0. The van der Waals surface area contributed by atoms with Crippen molar-refractivity contribution in [1.82, 2.24) is 0 Å². The number of allylic oxidation sites excluding steroid dienone is 16. The molecular formula is C42H52O2. The van der Waals surface area contributed by atoms with Gasteiger partial charge in [-0.15, -0.1) is 0 Å². The van der Waals surface area contributed by atoms with E-state index in [4.69, 9.17) is 9.47 Å². The van der Waals surface area contributed by atoms with Gasteiger partial charge in [0.05, 0.1) is 14.2 Å². The lowest BCUT2D eigenvalue weighted by Crippen LogP contribution is -1.95. The van der Waals surface area contributed by atoms with E-state index in [-0.39, 0.29) is 0 Å². The van der Waals surface area contributed by atoms with E-state index in [1.165, 1.54) is 66.8 Å². The molecule has 0 aliphatic carbocycles. The molecule has 0 atom stereocenters. The average molecular weight is 589 g/mol. The zero-order valence-electron chi connectivity index (χ0n) is 29.1. The van der Waals surface area contributed by atoms with Gasteiger partial charge in [0.2, 0.25) is 0 Å². The Bertz CT molecular complexity index is 1470. The van der Waals surface area contributed by atoms with Crippen molar-refractivity contribution in [2.75, 3.05) is 14.2 Å². The van der Waals surface area contributed by atoms with Gasteiger partial charge in [-0.3, -0.25) is 0 Å². The summed E-state index contributed by atoms with van der Waals surface area (Å²) in [5, 5.41) is 0. The van der Waals surface area contributed by atoms with Crippen LogP contribution in [0.4, 0.5) is 0 Å². The van der Waals surface area contributed by atoms with Crippen LogP contribution in [0.2, 0.25) is 0 Å². The fourth-order valence-electron chi connectivity index (χ4n) is 4.84. The van der Waals surface area contributed by atoms with Crippen LogP contribution in [-0.2, 0) is 0 Å². The first-order valence-electron chi connectivity index (χ1n) is 15.3. The summed E-state index contributed by atoms with van der Waals surface area (Å²) >= 11 is 0. The molecule has 0 radical (unpaired) electrons. The van der Waals surface area contributed by atoms with E-state index in [0.717, 1.165) is 11.5 Å². The van der Waals surface area contributed by atoms with Gasteiger partial charge in [0.25, 0.3) is 0 Å². The van der Waals surface area contributed by atoms with Gasteiger partial charge in [0.15, 0.2) is 0 Å². The second kappa shape index (κ2) is 17.7. The highest BCUT2D eigenvalue weighted by atomic mass is 16.5. The largest absolute Gasteiger partial charge is 0.496 e. The Hall–Kier alpha value is -4.30. The number of aryl methyl sites for hydroxylation is 2. The number of ether oxygens (including phenoxy) is 2. The summed E-state index contributed by atoms with van der Waals surface area (Å²) < 4.78 is 11.0. The topological polar surface area (TPSA) is 18.5 Å². The number of benzene rings is 2. The van der Waals surface area contributed by atoms with Crippen LogP contribution >= 0.6 is 0 Å². The minimum absolute atomic E-state index is 0.948. The van der Waals surface area contributed by atoms with Crippen LogP contribution < -0.4 is 9.47 Å². The SMILES string of the molecule is COc1cc(C)c(/C=C/C(C)=C/C=C/C(C)=C/C=C/C=C(C)/C=C/C=C(C)/C=C/c2c(C)cc(OC)c(C)c2C)c(C)c1C. The van der Waals surface area contributed by atoms with Gasteiger partial charge in [-0.25, -0.2) is 0 Å². The summed E-state index contributed by atoms with van der Waals surface area (Å²) in [7, 11) is 3.45. The molecular weight excluding hydrogens is 536 g/mol. The van der Waals surface area contributed by atoms with Crippen molar-refractivity contribution in [2.45, 2.75) is 69.2 Å². The van der Waals surface area contributed by atoms with Gasteiger partial charge >= 0.3 is 0 Å². The molecule has 232 valence electrons. The van der Waals surface area contributed by atoms with E-state index in [0.29, 0.717) is 0 Å². The zero-order chi connectivity index (χ0) is 32.8. The van der Waals surface area contributed by atoms with Crippen molar-refractivity contribution < 1.29 is 9.47 Å². The van der Waals surface area contributed by atoms with Crippen LogP contribution in [0.3, 0.4) is 0 Å². The zero-order valence-corrected chi connectivity index (χ0v) is 29.1. The molecule has 0 unspecified atom stereocenters. The third-order valence-corrected chi connectivity index (χ3v) is 7.95. The van der Waals surface area contributed by atoms with Gasteiger partial charge in [-0.1, -0.05) is 107 Å². The Balaban J connectivity index is 1.95.